The number of anilines is 1. The topological polar surface area (TPSA) is 41.1 Å². The molecule has 0 aromatic heterocycles. The highest BCUT2D eigenvalue weighted by Crippen LogP contribution is 2.19. The molecule has 0 bridgehead atoms. The van der Waals surface area contributed by atoms with Crippen LogP contribution in [0.2, 0.25) is 5.02 Å². The van der Waals surface area contributed by atoms with Gasteiger partial charge in [0.25, 0.3) is 0 Å². The minimum Gasteiger partial charge on any atom is -0.326 e. The zero-order valence-corrected chi connectivity index (χ0v) is 10.1. The zero-order valence-electron chi connectivity index (χ0n) is 9.30. The zero-order chi connectivity index (χ0) is 12.3. The van der Waals surface area contributed by atoms with E-state index in [9.17, 15) is 9.18 Å². The number of rotatable bonds is 5. The Morgan fingerprint density at radius 2 is 2.18 bits per heavy atom. The van der Waals surface area contributed by atoms with Crippen molar-refractivity contribution in [3.63, 3.8) is 0 Å². The Morgan fingerprint density at radius 3 is 2.82 bits per heavy atom. The molecule has 92 valence electrons. The molecule has 17 heavy (non-hydrogen) atoms. The van der Waals surface area contributed by atoms with Gasteiger partial charge in [0.1, 0.15) is 5.82 Å². The maximum absolute atomic E-state index is 13.0. The highest BCUT2D eigenvalue weighted by Gasteiger charge is 2.20. The summed E-state index contributed by atoms with van der Waals surface area (Å²) in [5.41, 5.74) is 0.395. The van der Waals surface area contributed by atoms with E-state index in [4.69, 9.17) is 11.6 Å². The highest BCUT2D eigenvalue weighted by molar-refractivity contribution is 6.30. The van der Waals surface area contributed by atoms with Crippen LogP contribution in [0.25, 0.3) is 0 Å². The molecule has 1 aliphatic rings. The molecule has 1 aromatic carbocycles. The minimum atomic E-state index is -0.455. The van der Waals surface area contributed by atoms with Crippen molar-refractivity contribution in [1.82, 2.24) is 5.32 Å². The van der Waals surface area contributed by atoms with Crippen molar-refractivity contribution in [2.75, 3.05) is 11.9 Å². The van der Waals surface area contributed by atoms with Gasteiger partial charge in [-0.1, -0.05) is 11.6 Å². The SMILES string of the molecule is O=C(CCNC1CC1)Nc1cc(F)cc(Cl)c1. The van der Waals surface area contributed by atoms with E-state index in [1.807, 2.05) is 0 Å². The normalized spacial score (nSPS) is 14.7. The Hall–Kier alpha value is -1.13. The molecule has 5 heteroatoms. The van der Waals surface area contributed by atoms with Crippen molar-refractivity contribution in [1.29, 1.82) is 0 Å². The molecule has 0 spiro atoms. The van der Waals surface area contributed by atoms with Crippen LogP contribution in [0, 0.1) is 5.82 Å². The predicted octanol–water partition coefficient (Wildman–Crippen LogP) is 2.56. The van der Waals surface area contributed by atoms with Crippen molar-refractivity contribution < 1.29 is 9.18 Å². The van der Waals surface area contributed by atoms with Gasteiger partial charge < -0.3 is 10.6 Å². The van der Waals surface area contributed by atoms with Gasteiger partial charge in [-0.05, 0) is 31.0 Å². The fraction of sp³-hybridized carbons (Fsp3) is 0.417. The minimum absolute atomic E-state index is 0.139. The molecule has 2 rings (SSSR count). The van der Waals surface area contributed by atoms with Crippen LogP contribution in [0.15, 0.2) is 18.2 Å². The Bertz CT molecular complexity index is 401. The van der Waals surface area contributed by atoms with Crippen LogP contribution in [0.5, 0.6) is 0 Å². The van der Waals surface area contributed by atoms with Gasteiger partial charge in [-0.25, -0.2) is 4.39 Å². The summed E-state index contributed by atoms with van der Waals surface area (Å²) in [7, 11) is 0. The largest absolute Gasteiger partial charge is 0.326 e. The Kier molecular flexibility index (Phi) is 3.97. The van der Waals surface area contributed by atoms with E-state index in [2.05, 4.69) is 10.6 Å². The van der Waals surface area contributed by atoms with Crippen molar-refractivity contribution in [3.8, 4) is 0 Å². The Morgan fingerprint density at radius 1 is 1.41 bits per heavy atom. The molecule has 0 atom stereocenters. The molecular formula is C12H14ClFN2O. The van der Waals surface area contributed by atoms with Crippen LogP contribution in [0.1, 0.15) is 19.3 Å². The van der Waals surface area contributed by atoms with E-state index < -0.39 is 5.82 Å². The third-order valence-electron chi connectivity index (χ3n) is 2.51. The summed E-state index contributed by atoms with van der Waals surface area (Å²) in [5.74, 6) is -0.594. The quantitative estimate of drug-likeness (QED) is 0.850. The molecule has 1 fully saturated rings. The van der Waals surface area contributed by atoms with Gasteiger partial charge in [-0.15, -0.1) is 0 Å². The summed E-state index contributed by atoms with van der Waals surface area (Å²) in [5, 5.41) is 6.12. The lowest BCUT2D eigenvalue weighted by atomic mass is 10.3. The molecule has 1 aliphatic carbocycles. The Balaban J connectivity index is 1.79. The van der Waals surface area contributed by atoms with Crippen molar-refractivity contribution in [2.24, 2.45) is 0 Å². The molecular weight excluding hydrogens is 243 g/mol. The van der Waals surface area contributed by atoms with Gasteiger partial charge in [-0.3, -0.25) is 4.79 Å². The predicted molar refractivity (Wildman–Crippen MR) is 65.7 cm³/mol. The lowest BCUT2D eigenvalue weighted by Crippen LogP contribution is -2.23. The molecule has 1 aromatic rings. The van der Waals surface area contributed by atoms with Crippen molar-refractivity contribution in [2.45, 2.75) is 25.3 Å². The maximum atomic E-state index is 13.0. The summed E-state index contributed by atoms with van der Waals surface area (Å²) in [4.78, 5) is 11.5. The third-order valence-corrected chi connectivity index (χ3v) is 2.73. The van der Waals surface area contributed by atoms with E-state index in [1.54, 1.807) is 0 Å². The first-order chi connectivity index (χ1) is 8.13. The molecule has 3 nitrogen and oxygen atoms in total. The van der Waals surface area contributed by atoms with Crippen LogP contribution in [-0.2, 0) is 4.79 Å². The number of halogens is 2. The van der Waals surface area contributed by atoms with E-state index >= 15 is 0 Å². The number of hydrogen-bond donors (Lipinski definition) is 2. The van der Waals surface area contributed by atoms with Gasteiger partial charge in [0.15, 0.2) is 0 Å². The first kappa shape index (κ1) is 12.3. The van der Waals surface area contributed by atoms with E-state index in [1.165, 1.54) is 31.0 Å². The van der Waals surface area contributed by atoms with Crippen LogP contribution < -0.4 is 10.6 Å². The van der Waals surface area contributed by atoms with Crippen LogP contribution in [0.3, 0.4) is 0 Å². The summed E-state index contributed by atoms with van der Waals surface area (Å²) in [6.45, 7) is 0.652. The molecule has 1 saturated carbocycles. The van der Waals surface area contributed by atoms with E-state index in [0.29, 0.717) is 24.7 Å². The van der Waals surface area contributed by atoms with Crippen LogP contribution in [-0.4, -0.2) is 18.5 Å². The first-order valence-electron chi connectivity index (χ1n) is 5.63. The molecule has 1 amide bonds. The van der Waals surface area contributed by atoms with Gasteiger partial charge >= 0.3 is 0 Å². The van der Waals surface area contributed by atoms with E-state index in [-0.39, 0.29) is 10.9 Å². The lowest BCUT2D eigenvalue weighted by molar-refractivity contribution is -0.116. The standard InChI is InChI=1S/C12H14ClFN2O/c13-8-5-9(14)7-11(6-8)16-12(17)3-4-15-10-1-2-10/h5-7,10,15H,1-4H2,(H,16,17). The van der Waals surface area contributed by atoms with Crippen LogP contribution >= 0.6 is 11.6 Å². The average molecular weight is 257 g/mol. The fourth-order valence-electron chi connectivity index (χ4n) is 1.53. The summed E-state index contributed by atoms with van der Waals surface area (Å²) >= 11 is 5.68. The Labute approximate surface area is 104 Å². The maximum Gasteiger partial charge on any atom is 0.225 e. The fourth-order valence-corrected chi connectivity index (χ4v) is 1.75. The number of hydrogen-bond acceptors (Lipinski definition) is 2. The molecule has 0 aliphatic heterocycles. The monoisotopic (exact) mass is 256 g/mol. The van der Waals surface area contributed by atoms with Gasteiger partial charge in [0.05, 0.1) is 0 Å². The van der Waals surface area contributed by atoms with Gasteiger partial charge in [-0.2, -0.15) is 0 Å². The number of carbonyl (C=O) groups excluding carboxylic acids is 1. The number of nitrogens with one attached hydrogen (secondary N) is 2. The van der Waals surface area contributed by atoms with Crippen molar-refractivity contribution >= 4 is 23.2 Å². The second kappa shape index (κ2) is 5.47. The molecule has 0 heterocycles. The molecule has 0 radical (unpaired) electrons. The van der Waals surface area contributed by atoms with Crippen molar-refractivity contribution in [3.05, 3.63) is 29.0 Å². The first-order valence-corrected chi connectivity index (χ1v) is 6.00. The second-order valence-corrected chi connectivity index (χ2v) is 4.62. The number of benzene rings is 1. The van der Waals surface area contributed by atoms with Gasteiger partial charge in [0.2, 0.25) is 5.91 Å². The molecule has 0 saturated heterocycles. The summed E-state index contributed by atoms with van der Waals surface area (Å²) < 4.78 is 13.0. The lowest BCUT2D eigenvalue weighted by Gasteiger charge is -2.06. The van der Waals surface area contributed by atoms with Gasteiger partial charge in [0, 0.05) is 29.7 Å². The average Bonchev–Trinajstić information content (AvgIpc) is 2.99. The number of amides is 1. The molecule has 2 N–H and O–H groups in total. The summed E-state index contributed by atoms with van der Waals surface area (Å²) in [6, 6.07) is 4.56. The summed E-state index contributed by atoms with van der Waals surface area (Å²) in [6.07, 6.45) is 2.77. The third kappa shape index (κ3) is 4.32. The van der Waals surface area contributed by atoms with Crippen LogP contribution in [0.4, 0.5) is 10.1 Å². The smallest absolute Gasteiger partial charge is 0.225 e. The number of carbonyl (C=O) groups is 1. The highest BCUT2D eigenvalue weighted by atomic mass is 35.5. The van der Waals surface area contributed by atoms with E-state index in [0.717, 1.165) is 0 Å². The molecule has 0 unspecified atom stereocenters. The second-order valence-electron chi connectivity index (χ2n) is 4.18.